The molecule has 4 rings (SSSR count). The Morgan fingerprint density at radius 2 is 1.53 bits per heavy atom. The maximum atomic E-state index is 12.9. The average molecular weight is 422 g/mol. The maximum absolute atomic E-state index is 12.9. The summed E-state index contributed by atoms with van der Waals surface area (Å²) < 4.78 is 25.8. The van der Waals surface area contributed by atoms with Gasteiger partial charge in [-0.25, -0.2) is 8.42 Å². The van der Waals surface area contributed by atoms with Crippen LogP contribution in [0.1, 0.15) is 31.9 Å². The first-order valence-corrected chi connectivity index (χ1v) is 11.1. The molecule has 0 fully saturated rings. The molecule has 1 N–H and O–H groups in total. The van der Waals surface area contributed by atoms with E-state index in [-0.39, 0.29) is 21.0 Å². The van der Waals surface area contributed by atoms with Crippen LogP contribution >= 0.6 is 0 Å². The van der Waals surface area contributed by atoms with E-state index in [1.54, 1.807) is 36.4 Å². The maximum Gasteiger partial charge on any atom is 0.206 e. The lowest BCUT2D eigenvalue weighted by atomic mass is 9.85. The minimum Gasteiger partial charge on any atom is -0.505 e. The van der Waals surface area contributed by atoms with Crippen LogP contribution in [0.5, 0.6) is 5.75 Å². The summed E-state index contributed by atoms with van der Waals surface area (Å²) in [5.41, 5.74) is 2.95. The normalized spacial score (nSPS) is 12.4. The minimum absolute atomic E-state index is 0.116. The van der Waals surface area contributed by atoms with Crippen LogP contribution < -0.4 is 0 Å². The minimum atomic E-state index is -3.65. The lowest BCUT2D eigenvalue weighted by Crippen LogP contribution is -2.13. The molecular weight excluding hydrogens is 398 g/mol. The quantitative estimate of drug-likeness (QED) is 0.524. The van der Waals surface area contributed by atoms with E-state index in [0.717, 1.165) is 11.1 Å². The number of aromatic nitrogens is 3. The summed E-state index contributed by atoms with van der Waals surface area (Å²) in [6.07, 6.45) is 0. The zero-order chi connectivity index (χ0) is 21.7. The van der Waals surface area contributed by atoms with Gasteiger partial charge in [-0.05, 0) is 54.3 Å². The summed E-state index contributed by atoms with van der Waals surface area (Å²) in [7, 11) is -3.65. The Kier molecular flexibility index (Phi) is 4.66. The predicted octanol–water partition coefficient (Wildman–Crippen LogP) is 4.56. The summed E-state index contributed by atoms with van der Waals surface area (Å²) in [6, 6.07) is 16.7. The van der Waals surface area contributed by atoms with Crippen molar-refractivity contribution in [2.75, 3.05) is 0 Å². The molecule has 0 atom stereocenters. The molecule has 0 bridgehead atoms. The first-order chi connectivity index (χ1) is 14.1. The molecule has 6 nitrogen and oxygen atoms in total. The van der Waals surface area contributed by atoms with Gasteiger partial charge in [0.15, 0.2) is 0 Å². The van der Waals surface area contributed by atoms with Gasteiger partial charge in [-0.1, -0.05) is 45.0 Å². The van der Waals surface area contributed by atoms with Crippen molar-refractivity contribution in [3.05, 3.63) is 71.8 Å². The Balaban J connectivity index is 1.84. The Labute approximate surface area is 175 Å². The van der Waals surface area contributed by atoms with Gasteiger partial charge in [0.05, 0.1) is 9.79 Å². The van der Waals surface area contributed by atoms with Crippen molar-refractivity contribution in [1.82, 2.24) is 15.0 Å². The van der Waals surface area contributed by atoms with Crippen LogP contribution in [0.25, 0.3) is 16.7 Å². The Morgan fingerprint density at radius 3 is 2.20 bits per heavy atom. The first kappa shape index (κ1) is 20.1. The fourth-order valence-corrected chi connectivity index (χ4v) is 4.69. The fraction of sp³-hybridized carbons (Fsp3) is 0.217. The molecule has 1 aromatic heterocycles. The lowest BCUT2D eigenvalue weighted by molar-refractivity contribution is 0.440. The van der Waals surface area contributed by atoms with Crippen LogP contribution in [0.3, 0.4) is 0 Å². The third-order valence-corrected chi connectivity index (χ3v) is 6.74. The number of hydrogen-bond donors (Lipinski definition) is 1. The van der Waals surface area contributed by atoms with Crippen molar-refractivity contribution in [3.8, 4) is 11.4 Å². The molecule has 4 aromatic rings. The molecule has 0 amide bonds. The topological polar surface area (TPSA) is 85.1 Å². The number of sulfone groups is 1. The van der Waals surface area contributed by atoms with E-state index in [1.165, 1.54) is 16.9 Å². The van der Waals surface area contributed by atoms with E-state index in [1.807, 2.05) is 39.8 Å². The second-order valence-electron chi connectivity index (χ2n) is 8.39. The van der Waals surface area contributed by atoms with Crippen LogP contribution in [0, 0.1) is 6.92 Å². The summed E-state index contributed by atoms with van der Waals surface area (Å²) in [4.78, 5) is 1.74. The van der Waals surface area contributed by atoms with Crippen LogP contribution in [-0.2, 0) is 15.3 Å². The Morgan fingerprint density at radius 1 is 0.867 bits per heavy atom. The number of phenols is 1. The van der Waals surface area contributed by atoms with Gasteiger partial charge in [-0.15, -0.1) is 15.0 Å². The van der Waals surface area contributed by atoms with Crippen LogP contribution in [0.15, 0.2) is 70.5 Å². The molecule has 0 spiro atoms. The van der Waals surface area contributed by atoms with Crippen LogP contribution in [0.2, 0.25) is 0 Å². The standard InChI is InChI=1S/C23H23N3O3S/c1-15-12-18(23(2,3)4)22(27)21(13-15)26-24-19-11-10-17(14-20(19)25-26)30(28,29)16-8-6-5-7-9-16/h5-14,27H,1-4H3. The highest BCUT2D eigenvalue weighted by Gasteiger charge is 2.23. The summed E-state index contributed by atoms with van der Waals surface area (Å²) in [5.74, 6) is 0.116. The lowest BCUT2D eigenvalue weighted by Gasteiger charge is -2.22. The average Bonchev–Trinajstić information content (AvgIpc) is 3.12. The molecule has 30 heavy (non-hydrogen) atoms. The van der Waals surface area contributed by atoms with E-state index in [2.05, 4.69) is 10.2 Å². The highest BCUT2D eigenvalue weighted by Crippen LogP contribution is 2.36. The molecule has 7 heteroatoms. The number of aryl methyl sites for hydroxylation is 1. The number of fused-ring (bicyclic) bond motifs is 1. The van der Waals surface area contributed by atoms with Gasteiger partial charge in [-0.2, -0.15) is 0 Å². The molecule has 0 aliphatic carbocycles. The van der Waals surface area contributed by atoms with Crippen molar-refractivity contribution in [2.45, 2.75) is 42.9 Å². The number of aromatic hydroxyl groups is 1. The van der Waals surface area contributed by atoms with E-state index in [4.69, 9.17) is 0 Å². The fourth-order valence-electron chi connectivity index (χ4n) is 3.39. The molecule has 0 aliphatic heterocycles. The van der Waals surface area contributed by atoms with Gasteiger partial charge in [0.2, 0.25) is 9.84 Å². The molecule has 0 radical (unpaired) electrons. The number of hydrogen-bond acceptors (Lipinski definition) is 5. The number of nitrogens with zero attached hydrogens (tertiary/aromatic N) is 3. The summed E-state index contributed by atoms with van der Waals surface area (Å²) in [5, 5.41) is 19.8. The van der Waals surface area contributed by atoms with Crippen molar-refractivity contribution in [1.29, 1.82) is 0 Å². The van der Waals surface area contributed by atoms with Gasteiger partial charge in [0, 0.05) is 5.56 Å². The van der Waals surface area contributed by atoms with Gasteiger partial charge in [-0.3, -0.25) is 0 Å². The summed E-state index contributed by atoms with van der Waals surface area (Å²) in [6.45, 7) is 8.03. The SMILES string of the molecule is Cc1cc(-n2nc3ccc(S(=O)(=O)c4ccccc4)cc3n2)c(O)c(C(C)(C)C)c1. The van der Waals surface area contributed by atoms with Gasteiger partial charge >= 0.3 is 0 Å². The third kappa shape index (κ3) is 3.45. The Bertz CT molecular complexity index is 1350. The summed E-state index contributed by atoms with van der Waals surface area (Å²) >= 11 is 0. The molecule has 0 saturated carbocycles. The number of phenolic OH excluding ortho intramolecular Hbond substituents is 1. The molecule has 0 saturated heterocycles. The largest absolute Gasteiger partial charge is 0.505 e. The molecule has 154 valence electrons. The van der Waals surface area contributed by atoms with Gasteiger partial charge in [0.25, 0.3) is 0 Å². The van der Waals surface area contributed by atoms with Crippen molar-refractivity contribution < 1.29 is 13.5 Å². The van der Waals surface area contributed by atoms with Crippen LogP contribution in [0.4, 0.5) is 0 Å². The van der Waals surface area contributed by atoms with Crippen molar-refractivity contribution >= 4 is 20.9 Å². The first-order valence-electron chi connectivity index (χ1n) is 9.59. The van der Waals surface area contributed by atoms with Crippen molar-refractivity contribution in [2.24, 2.45) is 0 Å². The van der Waals surface area contributed by atoms with E-state index in [9.17, 15) is 13.5 Å². The second kappa shape index (κ2) is 6.95. The zero-order valence-electron chi connectivity index (χ0n) is 17.3. The molecule has 0 aliphatic rings. The van der Waals surface area contributed by atoms with Crippen LogP contribution in [-0.4, -0.2) is 28.5 Å². The zero-order valence-corrected chi connectivity index (χ0v) is 18.1. The van der Waals surface area contributed by atoms with Gasteiger partial charge in [0.1, 0.15) is 22.5 Å². The molecule has 0 unspecified atom stereocenters. The highest BCUT2D eigenvalue weighted by molar-refractivity contribution is 7.91. The molecular formula is C23H23N3O3S. The second-order valence-corrected chi connectivity index (χ2v) is 10.3. The van der Waals surface area contributed by atoms with Crippen molar-refractivity contribution in [3.63, 3.8) is 0 Å². The number of rotatable bonds is 3. The molecule has 3 aromatic carbocycles. The van der Waals surface area contributed by atoms with E-state index >= 15 is 0 Å². The van der Waals surface area contributed by atoms with Gasteiger partial charge < -0.3 is 5.11 Å². The monoisotopic (exact) mass is 421 g/mol. The number of benzene rings is 3. The highest BCUT2D eigenvalue weighted by atomic mass is 32.2. The van der Waals surface area contributed by atoms with E-state index < -0.39 is 9.84 Å². The smallest absolute Gasteiger partial charge is 0.206 e. The van der Waals surface area contributed by atoms with E-state index in [0.29, 0.717) is 16.7 Å². The Hall–Kier alpha value is -3.19. The molecule has 1 heterocycles. The predicted molar refractivity (Wildman–Crippen MR) is 116 cm³/mol. The third-order valence-electron chi connectivity index (χ3n) is 4.97.